The highest BCUT2D eigenvalue weighted by Gasteiger charge is 2.55. The molecule has 0 aliphatic heterocycles. The third-order valence-electron chi connectivity index (χ3n) is 7.46. The van der Waals surface area contributed by atoms with Crippen LogP contribution in [0.5, 0.6) is 5.75 Å². The summed E-state index contributed by atoms with van der Waals surface area (Å²) in [6.45, 7) is 1.23. The molecule has 7 heteroatoms. The van der Waals surface area contributed by atoms with Gasteiger partial charge in [-0.15, -0.1) is 0 Å². The van der Waals surface area contributed by atoms with Gasteiger partial charge in [-0.2, -0.15) is 5.10 Å². The summed E-state index contributed by atoms with van der Waals surface area (Å²) in [5, 5.41) is 18.5. The molecule has 2 atom stereocenters. The maximum Gasteiger partial charge on any atom is 0.272 e. The number of amides is 1. The van der Waals surface area contributed by atoms with Crippen molar-refractivity contribution in [1.29, 1.82) is 0 Å². The largest absolute Gasteiger partial charge is 0.492 e. The van der Waals surface area contributed by atoms with Gasteiger partial charge < -0.3 is 20.1 Å². The highest BCUT2D eigenvalue weighted by Crippen LogP contribution is 2.55. The van der Waals surface area contributed by atoms with E-state index in [0.29, 0.717) is 36.6 Å². The zero-order valence-electron chi connectivity index (χ0n) is 18.3. The molecule has 1 heterocycles. The second kappa shape index (κ2) is 7.86. The first-order valence-electron chi connectivity index (χ1n) is 11.4. The number of carbonyl (C=O) groups excluding carboxylic acids is 1. The van der Waals surface area contributed by atoms with Gasteiger partial charge in [-0.1, -0.05) is 18.2 Å². The van der Waals surface area contributed by atoms with Crippen molar-refractivity contribution in [2.75, 3.05) is 25.1 Å². The summed E-state index contributed by atoms with van der Waals surface area (Å²) < 4.78 is 7.53. The van der Waals surface area contributed by atoms with Crippen molar-refractivity contribution >= 4 is 11.7 Å². The Kier molecular flexibility index (Phi) is 5.16. The summed E-state index contributed by atoms with van der Waals surface area (Å²) in [7, 11) is 3.84. The minimum Gasteiger partial charge on any atom is -0.492 e. The third-order valence-corrected chi connectivity index (χ3v) is 7.46. The van der Waals surface area contributed by atoms with E-state index in [1.807, 2.05) is 55.4 Å². The molecule has 1 aromatic carbocycles. The van der Waals surface area contributed by atoms with E-state index in [9.17, 15) is 9.90 Å². The van der Waals surface area contributed by atoms with Gasteiger partial charge in [0.05, 0.1) is 12.1 Å². The Labute approximate surface area is 183 Å². The van der Waals surface area contributed by atoms with Gasteiger partial charge in [-0.05, 0) is 62.0 Å². The molecule has 4 bridgehead atoms. The fraction of sp³-hybridized carbons (Fsp3) is 0.583. The summed E-state index contributed by atoms with van der Waals surface area (Å²) in [5.74, 6) is 3.02. The van der Waals surface area contributed by atoms with Gasteiger partial charge in [0.1, 0.15) is 18.2 Å². The third kappa shape index (κ3) is 4.03. The number of benzene rings is 1. The molecule has 0 saturated heterocycles. The number of hydrogen-bond donors (Lipinski definition) is 2. The molecule has 0 spiro atoms. The number of nitrogens with zero attached hydrogens (tertiary/aromatic N) is 3. The lowest BCUT2D eigenvalue weighted by molar-refractivity contribution is -0.136. The first-order valence-corrected chi connectivity index (χ1v) is 11.4. The summed E-state index contributed by atoms with van der Waals surface area (Å²) in [6.07, 6.45) is 4.85. The van der Waals surface area contributed by atoms with Crippen molar-refractivity contribution in [3.63, 3.8) is 0 Å². The molecule has 2 N–H and O–H groups in total. The molecular formula is C24H32N4O3. The molecule has 31 heavy (non-hydrogen) atoms. The van der Waals surface area contributed by atoms with Crippen LogP contribution in [0.25, 0.3) is 0 Å². The van der Waals surface area contributed by atoms with Crippen molar-refractivity contribution < 1.29 is 14.6 Å². The molecule has 1 aromatic heterocycles. The molecule has 0 radical (unpaired) electrons. The minimum atomic E-state index is -0.486. The average molecular weight is 425 g/mol. The van der Waals surface area contributed by atoms with Crippen molar-refractivity contribution in [1.82, 2.24) is 15.1 Å². The van der Waals surface area contributed by atoms with Crippen LogP contribution in [0, 0.1) is 17.8 Å². The predicted molar refractivity (Wildman–Crippen MR) is 118 cm³/mol. The zero-order chi connectivity index (χ0) is 21.6. The van der Waals surface area contributed by atoms with E-state index in [1.165, 1.54) is 0 Å². The fourth-order valence-corrected chi connectivity index (χ4v) is 6.30. The predicted octanol–water partition coefficient (Wildman–Crippen LogP) is 2.60. The van der Waals surface area contributed by atoms with Gasteiger partial charge in [0.25, 0.3) is 5.91 Å². The number of aliphatic hydroxyl groups is 1. The number of hydrogen-bond acceptors (Lipinski definition) is 5. The van der Waals surface area contributed by atoms with Crippen LogP contribution in [0.3, 0.4) is 0 Å². The number of aryl methyl sites for hydroxylation is 1. The molecule has 4 aliphatic rings. The number of likely N-dealkylation sites (N-methyl/N-ethyl adjacent to an activating group) is 1. The maximum absolute atomic E-state index is 13.0. The number of aromatic nitrogens is 2. The van der Waals surface area contributed by atoms with Gasteiger partial charge in [-0.25, -0.2) is 0 Å². The van der Waals surface area contributed by atoms with Crippen LogP contribution >= 0.6 is 0 Å². The summed E-state index contributed by atoms with van der Waals surface area (Å²) in [5.41, 5.74) is -0.0405. The lowest BCUT2D eigenvalue weighted by Gasteiger charge is -2.58. The molecule has 1 amide bonds. The van der Waals surface area contributed by atoms with Crippen molar-refractivity contribution in [2.45, 2.75) is 43.7 Å². The zero-order valence-corrected chi connectivity index (χ0v) is 18.3. The van der Waals surface area contributed by atoms with E-state index in [0.717, 1.165) is 43.7 Å². The van der Waals surface area contributed by atoms with Crippen molar-refractivity contribution in [2.24, 2.45) is 24.8 Å². The van der Waals surface area contributed by atoms with E-state index in [4.69, 9.17) is 4.74 Å². The van der Waals surface area contributed by atoms with Crippen molar-refractivity contribution in [3.8, 4) is 5.75 Å². The van der Waals surface area contributed by atoms with E-state index < -0.39 is 5.60 Å². The van der Waals surface area contributed by atoms with Crippen LogP contribution in [0.1, 0.15) is 42.6 Å². The Balaban J connectivity index is 1.19. The van der Waals surface area contributed by atoms with Crippen LogP contribution < -0.4 is 15.0 Å². The molecule has 2 unspecified atom stereocenters. The Hall–Kier alpha value is -2.54. The van der Waals surface area contributed by atoms with Crippen LogP contribution in [-0.4, -0.2) is 52.6 Å². The first-order chi connectivity index (χ1) is 14.9. The molecule has 7 nitrogen and oxygen atoms in total. The Morgan fingerprint density at radius 2 is 1.97 bits per heavy atom. The summed E-state index contributed by atoms with van der Waals surface area (Å²) in [6, 6.07) is 11.8. The van der Waals surface area contributed by atoms with E-state index in [2.05, 4.69) is 10.4 Å². The Bertz CT molecular complexity index is 928. The van der Waals surface area contributed by atoms with Gasteiger partial charge in [0.15, 0.2) is 5.69 Å². The normalized spacial score (nSPS) is 30.9. The molecular weight excluding hydrogens is 392 g/mol. The molecule has 4 saturated carbocycles. The van der Waals surface area contributed by atoms with Gasteiger partial charge in [-0.3, -0.25) is 9.48 Å². The topological polar surface area (TPSA) is 79.6 Å². The number of para-hydroxylation sites is 1. The number of anilines is 1. The van der Waals surface area contributed by atoms with Crippen molar-refractivity contribution in [3.05, 3.63) is 42.1 Å². The second-order valence-electron chi connectivity index (χ2n) is 9.79. The standard InChI is InChI=1S/C24H32N4O3/c1-27(8-9-31-19-6-4-3-5-7-19)21-12-20(26-28(21)2)23(29)25-22-17-10-16-11-18(22)15-24(30,13-16)14-17/h3-7,12,16-18,22,30H,8-11,13-15H2,1-2H3,(H,25,29). The number of rotatable bonds is 7. The molecule has 2 aromatic rings. The maximum atomic E-state index is 13.0. The van der Waals surface area contributed by atoms with E-state index in [-0.39, 0.29) is 11.9 Å². The van der Waals surface area contributed by atoms with Crippen LogP contribution in [0.2, 0.25) is 0 Å². The highest BCUT2D eigenvalue weighted by molar-refractivity contribution is 5.93. The van der Waals surface area contributed by atoms with E-state index >= 15 is 0 Å². The van der Waals surface area contributed by atoms with Gasteiger partial charge >= 0.3 is 0 Å². The fourth-order valence-electron chi connectivity index (χ4n) is 6.30. The lowest BCUT2D eigenvalue weighted by Crippen LogP contribution is -2.61. The van der Waals surface area contributed by atoms with Gasteiger partial charge in [0, 0.05) is 26.2 Å². The monoisotopic (exact) mass is 424 g/mol. The number of ether oxygens (including phenoxy) is 1. The summed E-state index contributed by atoms with van der Waals surface area (Å²) in [4.78, 5) is 15.1. The highest BCUT2D eigenvalue weighted by atomic mass is 16.5. The van der Waals surface area contributed by atoms with E-state index in [1.54, 1.807) is 4.68 Å². The molecule has 4 aliphatic carbocycles. The second-order valence-corrected chi connectivity index (χ2v) is 9.79. The quantitative estimate of drug-likeness (QED) is 0.714. The summed E-state index contributed by atoms with van der Waals surface area (Å²) >= 11 is 0. The lowest BCUT2D eigenvalue weighted by atomic mass is 9.52. The van der Waals surface area contributed by atoms with Crippen LogP contribution in [0.4, 0.5) is 5.82 Å². The average Bonchev–Trinajstić information content (AvgIpc) is 3.12. The molecule has 166 valence electrons. The Morgan fingerprint density at radius 3 is 2.65 bits per heavy atom. The molecule has 4 fully saturated rings. The van der Waals surface area contributed by atoms with Gasteiger partial charge in [0.2, 0.25) is 0 Å². The first kappa shape index (κ1) is 20.4. The SMILES string of the molecule is CN(CCOc1ccccc1)c1cc(C(=O)NC2C3CC4CC2CC(O)(C4)C3)nn1C. The minimum absolute atomic E-state index is 0.111. The number of nitrogens with one attached hydrogen (secondary N) is 1. The smallest absolute Gasteiger partial charge is 0.272 e. The number of carbonyl (C=O) groups is 1. The molecule has 6 rings (SSSR count). The Morgan fingerprint density at radius 1 is 1.26 bits per heavy atom. The van der Waals surface area contributed by atoms with Crippen LogP contribution in [0.15, 0.2) is 36.4 Å². The van der Waals surface area contributed by atoms with Crippen LogP contribution in [-0.2, 0) is 7.05 Å².